The average Bonchev–Trinajstić information content (AvgIpc) is 2.99. The fourth-order valence-corrected chi connectivity index (χ4v) is 2.42. The summed E-state index contributed by atoms with van der Waals surface area (Å²) in [5.74, 6) is -0.277. The number of hydrogen-bond donors (Lipinski definition) is 1. The minimum absolute atomic E-state index is 0.0820. The van der Waals surface area contributed by atoms with E-state index >= 15 is 0 Å². The van der Waals surface area contributed by atoms with Crippen LogP contribution in [0.1, 0.15) is 30.6 Å². The predicted octanol–water partition coefficient (Wildman–Crippen LogP) is 2.04. The first-order valence-electron chi connectivity index (χ1n) is 7.81. The van der Waals surface area contributed by atoms with Gasteiger partial charge in [-0.3, -0.25) is 4.79 Å². The van der Waals surface area contributed by atoms with Crippen LogP contribution in [-0.2, 0) is 9.53 Å². The smallest absolute Gasteiger partial charge is 0.341 e. The molecule has 126 valence electrons. The van der Waals surface area contributed by atoms with Gasteiger partial charge < -0.3 is 19.5 Å². The van der Waals surface area contributed by atoms with Crippen LogP contribution < -0.4 is 4.74 Å². The van der Waals surface area contributed by atoms with Gasteiger partial charge in [0.25, 0.3) is 5.91 Å². The highest BCUT2D eigenvalue weighted by Crippen LogP contribution is 2.19. The normalized spacial score (nSPS) is 17.5. The van der Waals surface area contributed by atoms with Crippen molar-refractivity contribution >= 4 is 11.9 Å². The molecular formula is C17H23NO5. The Morgan fingerprint density at radius 1 is 1.39 bits per heavy atom. The van der Waals surface area contributed by atoms with Crippen molar-refractivity contribution in [2.45, 2.75) is 26.4 Å². The molecule has 1 atom stereocenters. The number of benzene rings is 1. The van der Waals surface area contributed by atoms with Crippen LogP contribution in [0.2, 0.25) is 0 Å². The Balaban J connectivity index is 1.93. The Morgan fingerprint density at radius 3 is 2.87 bits per heavy atom. The third-order valence-corrected chi connectivity index (χ3v) is 3.54. The first-order valence-corrected chi connectivity index (χ1v) is 7.81. The highest BCUT2D eigenvalue weighted by molar-refractivity contribution is 5.94. The molecule has 0 aliphatic carbocycles. The lowest BCUT2D eigenvalue weighted by Crippen LogP contribution is -2.30. The quantitative estimate of drug-likeness (QED) is 0.831. The summed E-state index contributed by atoms with van der Waals surface area (Å²) in [6, 6.07) is 6.61. The van der Waals surface area contributed by atoms with Gasteiger partial charge in [-0.25, -0.2) is 4.79 Å². The monoisotopic (exact) mass is 321 g/mol. The maximum atomic E-state index is 12.5. The van der Waals surface area contributed by atoms with Gasteiger partial charge in [0.1, 0.15) is 5.75 Å². The van der Waals surface area contributed by atoms with Gasteiger partial charge in [0.15, 0.2) is 6.61 Å². The molecule has 0 spiro atoms. The van der Waals surface area contributed by atoms with E-state index in [2.05, 4.69) is 13.8 Å². The van der Waals surface area contributed by atoms with Crippen LogP contribution in [0.15, 0.2) is 24.3 Å². The number of aliphatic carboxylic acids is 1. The SMILES string of the molecule is CC(C)COC1CCN(C(=O)c2cccc(OCC(=O)O)c2)C1. The largest absolute Gasteiger partial charge is 0.482 e. The number of likely N-dealkylation sites (tertiary alicyclic amines) is 1. The van der Waals surface area contributed by atoms with Gasteiger partial charge in [0, 0.05) is 25.3 Å². The minimum atomic E-state index is -1.05. The molecule has 1 aromatic carbocycles. The average molecular weight is 321 g/mol. The van der Waals surface area contributed by atoms with E-state index in [1.807, 2.05) is 0 Å². The Hall–Kier alpha value is -2.08. The van der Waals surface area contributed by atoms with Gasteiger partial charge in [0.05, 0.1) is 6.10 Å². The number of carboxylic acid groups (broad SMARTS) is 1. The summed E-state index contributed by atoms with van der Waals surface area (Å²) in [6.07, 6.45) is 0.931. The molecular weight excluding hydrogens is 298 g/mol. The van der Waals surface area contributed by atoms with Gasteiger partial charge in [0.2, 0.25) is 0 Å². The zero-order valence-electron chi connectivity index (χ0n) is 13.5. The van der Waals surface area contributed by atoms with Crippen LogP contribution in [-0.4, -0.2) is 54.3 Å². The Kier molecular flexibility index (Phi) is 5.98. The number of carboxylic acids is 1. The van der Waals surface area contributed by atoms with Crippen molar-refractivity contribution < 1.29 is 24.2 Å². The number of carbonyl (C=O) groups excluding carboxylic acids is 1. The van der Waals surface area contributed by atoms with Crippen molar-refractivity contribution in [1.29, 1.82) is 0 Å². The second-order valence-electron chi connectivity index (χ2n) is 6.10. The van der Waals surface area contributed by atoms with Crippen LogP contribution in [0.25, 0.3) is 0 Å². The lowest BCUT2D eigenvalue weighted by Gasteiger charge is -2.18. The van der Waals surface area contributed by atoms with E-state index in [-0.39, 0.29) is 12.0 Å². The van der Waals surface area contributed by atoms with Crippen LogP contribution >= 0.6 is 0 Å². The van der Waals surface area contributed by atoms with E-state index < -0.39 is 12.6 Å². The van der Waals surface area contributed by atoms with Gasteiger partial charge >= 0.3 is 5.97 Å². The lowest BCUT2D eigenvalue weighted by atomic mass is 10.2. The number of ether oxygens (including phenoxy) is 2. The van der Waals surface area contributed by atoms with E-state index in [9.17, 15) is 9.59 Å². The second kappa shape index (κ2) is 7.97. The molecule has 0 bridgehead atoms. The number of hydrogen-bond acceptors (Lipinski definition) is 4. The molecule has 1 amide bonds. The zero-order chi connectivity index (χ0) is 16.8. The van der Waals surface area contributed by atoms with Crippen molar-refractivity contribution in [1.82, 2.24) is 4.90 Å². The fraction of sp³-hybridized carbons (Fsp3) is 0.529. The summed E-state index contributed by atoms with van der Waals surface area (Å²) >= 11 is 0. The van der Waals surface area contributed by atoms with E-state index in [4.69, 9.17) is 14.6 Å². The van der Waals surface area contributed by atoms with Gasteiger partial charge in [-0.2, -0.15) is 0 Å². The van der Waals surface area contributed by atoms with Crippen LogP contribution in [0.5, 0.6) is 5.75 Å². The van der Waals surface area contributed by atoms with Gasteiger partial charge in [-0.1, -0.05) is 19.9 Å². The van der Waals surface area contributed by atoms with Crippen LogP contribution in [0.4, 0.5) is 0 Å². The number of nitrogens with zero attached hydrogens (tertiary/aromatic N) is 1. The molecule has 0 saturated carbocycles. The molecule has 23 heavy (non-hydrogen) atoms. The fourth-order valence-electron chi connectivity index (χ4n) is 2.42. The lowest BCUT2D eigenvalue weighted by molar-refractivity contribution is -0.139. The molecule has 0 aromatic heterocycles. The van der Waals surface area contributed by atoms with Crippen molar-refractivity contribution in [3.8, 4) is 5.75 Å². The summed E-state index contributed by atoms with van der Waals surface area (Å²) < 4.78 is 10.9. The molecule has 1 aliphatic heterocycles. The Bertz CT molecular complexity index is 558. The second-order valence-corrected chi connectivity index (χ2v) is 6.10. The molecule has 6 nitrogen and oxygen atoms in total. The minimum Gasteiger partial charge on any atom is -0.482 e. The third-order valence-electron chi connectivity index (χ3n) is 3.54. The zero-order valence-corrected chi connectivity index (χ0v) is 13.5. The Morgan fingerprint density at radius 2 is 2.17 bits per heavy atom. The maximum absolute atomic E-state index is 12.5. The molecule has 1 fully saturated rings. The van der Waals surface area contributed by atoms with Gasteiger partial charge in [-0.15, -0.1) is 0 Å². The van der Waals surface area contributed by atoms with Crippen molar-refractivity contribution in [2.24, 2.45) is 5.92 Å². The Labute approximate surface area is 136 Å². The van der Waals surface area contributed by atoms with Gasteiger partial charge in [-0.05, 0) is 30.5 Å². The first kappa shape index (κ1) is 17.3. The van der Waals surface area contributed by atoms with E-state index in [0.29, 0.717) is 36.9 Å². The van der Waals surface area contributed by atoms with Crippen molar-refractivity contribution in [3.63, 3.8) is 0 Å². The highest BCUT2D eigenvalue weighted by atomic mass is 16.5. The molecule has 1 aliphatic rings. The number of amides is 1. The van der Waals surface area contributed by atoms with Crippen molar-refractivity contribution in [3.05, 3.63) is 29.8 Å². The first-order chi connectivity index (χ1) is 11.0. The van der Waals surface area contributed by atoms with E-state index in [1.165, 1.54) is 0 Å². The molecule has 2 rings (SSSR count). The molecule has 1 heterocycles. The standard InChI is InChI=1S/C17H23NO5/c1-12(2)10-22-15-6-7-18(9-15)17(21)13-4-3-5-14(8-13)23-11-16(19)20/h3-5,8,12,15H,6-7,9-11H2,1-2H3,(H,19,20). The maximum Gasteiger partial charge on any atom is 0.341 e. The summed E-state index contributed by atoms with van der Waals surface area (Å²) in [6.45, 7) is 5.73. The third kappa shape index (κ3) is 5.25. The molecule has 1 unspecified atom stereocenters. The highest BCUT2D eigenvalue weighted by Gasteiger charge is 2.27. The summed E-state index contributed by atoms with van der Waals surface area (Å²) in [5, 5.41) is 8.63. The topological polar surface area (TPSA) is 76.1 Å². The predicted molar refractivity (Wildman–Crippen MR) is 84.7 cm³/mol. The molecule has 1 N–H and O–H groups in total. The number of carbonyl (C=O) groups is 2. The summed E-state index contributed by atoms with van der Waals surface area (Å²) in [4.78, 5) is 24.8. The number of rotatable bonds is 7. The molecule has 1 aromatic rings. The van der Waals surface area contributed by atoms with Crippen LogP contribution in [0, 0.1) is 5.92 Å². The molecule has 6 heteroatoms. The molecule has 1 saturated heterocycles. The van der Waals surface area contributed by atoms with Crippen LogP contribution in [0.3, 0.4) is 0 Å². The summed E-state index contributed by atoms with van der Waals surface area (Å²) in [5.41, 5.74) is 0.498. The molecule has 0 radical (unpaired) electrons. The van der Waals surface area contributed by atoms with Crippen molar-refractivity contribution in [2.75, 3.05) is 26.3 Å². The van der Waals surface area contributed by atoms with E-state index in [0.717, 1.165) is 6.42 Å². The summed E-state index contributed by atoms with van der Waals surface area (Å²) in [7, 11) is 0. The van der Waals surface area contributed by atoms with E-state index in [1.54, 1.807) is 29.2 Å².